The molecule has 2 heterocycles. The highest BCUT2D eigenvalue weighted by Crippen LogP contribution is 2.06. The molecular formula is C12H18N4O2. The van der Waals surface area contributed by atoms with Gasteiger partial charge in [-0.15, -0.1) is 5.10 Å². The molecule has 0 fully saturated rings. The van der Waals surface area contributed by atoms with Crippen LogP contribution in [0.1, 0.15) is 30.6 Å². The highest BCUT2D eigenvalue weighted by atomic mass is 17.2. The van der Waals surface area contributed by atoms with Crippen LogP contribution in [-0.2, 0) is 16.2 Å². The summed E-state index contributed by atoms with van der Waals surface area (Å²) in [4.78, 5) is 18.5. The van der Waals surface area contributed by atoms with Crippen LogP contribution in [0.5, 0.6) is 0 Å². The zero-order chi connectivity index (χ0) is 13.0. The molecule has 2 rings (SSSR count). The van der Waals surface area contributed by atoms with Crippen molar-refractivity contribution in [3.8, 4) is 0 Å². The summed E-state index contributed by atoms with van der Waals surface area (Å²) in [5.74, 6) is 1.45. The molecule has 0 radical (unpaired) electrons. The first kappa shape index (κ1) is 12.9. The van der Waals surface area contributed by atoms with E-state index >= 15 is 0 Å². The van der Waals surface area contributed by atoms with Crippen molar-refractivity contribution < 1.29 is 9.78 Å². The van der Waals surface area contributed by atoms with Gasteiger partial charge in [-0.3, -0.25) is 0 Å². The summed E-state index contributed by atoms with van der Waals surface area (Å²) in [7, 11) is 0. The predicted octanol–water partition coefficient (Wildman–Crippen LogP) is 1.64. The fraction of sp³-hybridized carbons (Fsp3) is 0.583. The van der Waals surface area contributed by atoms with Crippen LogP contribution in [0.4, 0.5) is 0 Å². The van der Waals surface area contributed by atoms with Crippen molar-refractivity contribution in [3.63, 3.8) is 0 Å². The lowest BCUT2D eigenvalue weighted by Gasteiger charge is -1.99. The van der Waals surface area contributed by atoms with Gasteiger partial charge in [0.1, 0.15) is 0 Å². The van der Waals surface area contributed by atoms with Gasteiger partial charge in [-0.2, -0.15) is 4.98 Å². The SMILES string of the molecule is CCOOCCCc1nc2nc(C)cc(C)n2n1. The van der Waals surface area contributed by atoms with Crippen LogP contribution in [-0.4, -0.2) is 32.8 Å². The smallest absolute Gasteiger partial charge is 0.237 e. The first-order chi connectivity index (χ1) is 8.70. The normalized spacial score (nSPS) is 11.3. The Kier molecular flexibility index (Phi) is 4.22. The van der Waals surface area contributed by atoms with Crippen molar-refractivity contribution in [3.05, 3.63) is 23.3 Å². The second-order valence-corrected chi connectivity index (χ2v) is 4.11. The average molecular weight is 250 g/mol. The lowest BCUT2D eigenvalue weighted by Crippen LogP contribution is -2.00. The molecule has 6 nitrogen and oxygen atoms in total. The van der Waals surface area contributed by atoms with Crippen LogP contribution in [0.2, 0.25) is 0 Å². The zero-order valence-corrected chi connectivity index (χ0v) is 11.0. The largest absolute Gasteiger partial charge is 0.252 e. The van der Waals surface area contributed by atoms with E-state index in [0.29, 0.717) is 19.0 Å². The van der Waals surface area contributed by atoms with Gasteiger partial charge in [-0.25, -0.2) is 19.3 Å². The minimum atomic E-state index is 0.550. The van der Waals surface area contributed by atoms with Gasteiger partial charge >= 0.3 is 0 Å². The van der Waals surface area contributed by atoms with Crippen LogP contribution >= 0.6 is 0 Å². The van der Waals surface area contributed by atoms with Crippen LogP contribution in [0.15, 0.2) is 6.07 Å². The van der Waals surface area contributed by atoms with Gasteiger partial charge in [0, 0.05) is 17.8 Å². The fourth-order valence-electron chi connectivity index (χ4n) is 1.75. The summed E-state index contributed by atoms with van der Waals surface area (Å²) in [5.41, 5.74) is 2.00. The average Bonchev–Trinajstić information content (AvgIpc) is 2.72. The zero-order valence-electron chi connectivity index (χ0n) is 11.0. The minimum Gasteiger partial charge on any atom is -0.237 e. The van der Waals surface area contributed by atoms with Crippen LogP contribution in [0, 0.1) is 13.8 Å². The van der Waals surface area contributed by atoms with Gasteiger partial charge < -0.3 is 0 Å². The van der Waals surface area contributed by atoms with E-state index < -0.39 is 0 Å². The Labute approximate surface area is 106 Å². The van der Waals surface area contributed by atoms with E-state index in [2.05, 4.69) is 15.1 Å². The number of aromatic nitrogens is 4. The van der Waals surface area contributed by atoms with E-state index in [1.54, 1.807) is 4.52 Å². The minimum absolute atomic E-state index is 0.550. The molecule has 2 aromatic heterocycles. The van der Waals surface area contributed by atoms with Crippen LogP contribution in [0.25, 0.3) is 5.78 Å². The Hall–Kier alpha value is -1.53. The molecule has 0 saturated heterocycles. The van der Waals surface area contributed by atoms with Gasteiger partial charge in [-0.05, 0) is 33.3 Å². The maximum atomic E-state index is 4.94. The topological polar surface area (TPSA) is 61.5 Å². The monoisotopic (exact) mass is 250 g/mol. The Morgan fingerprint density at radius 1 is 1.22 bits per heavy atom. The second kappa shape index (κ2) is 5.88. The third-order valence-corrected chi connectivity index (χ3v) is 2.49. The molecular weight excluding hydrogens is 232 g/mol. The molecule has 0 aliphatic heterocycles. The third kappa shape index (κ3) is 3.02. The molecule has 2 aromatic rings. The fourth-order valence-corrected chi connectivity index (χ4v) is 1.75. The van der Waals surface area contributed by atoms with Crippen molar-refractivity contribution in [1.29, 1.82) is 0 Å². The number of hydrogen-bond donors (Lipinski definition) is 0. The van der Waals surface area contributed by atoms with Crippen molar-refractivity contribution in [2.24, 2.45) is 0 Å². The quantitative estimate of drug-likeness (QED) is 0.443. The molecule has 0 atom stereocenters. The first-order valence-corrected chi connectivity index (χ1v) is 6.15. The predicted molar refractivity (Wildman–Crippen MR) is 66.2 cm³/mol. The molecule has 0 bridgehead atoms. The van der Waals surface area contributed by atoms with E-state index in [1.165, 1.54) is 0 Å². The molecule has 0 unspecified atom stereocenters. The maximum absolute atomic E-state index is 4.94. The van der Waals surface area contributed by atoms with E-state index in [1.807, 2.05) is 26.8 Å². The summed E-state index contributed by atoms with van der Waals surface area (Å²) in [5, 5.41) is 4.42. The summed E-state index contributed by atoms with van der Waals surface area (Å²) >= 11 is 0. The van der Waals surface area contributed by atoms with Gasteiger partial charge in [0.2, 0.25) is 0 Å². The molecule has 18 heavy (non-hydrogen) atoms. The Morgan fingerprint density at radius 2 is 2.06 bits per heavy atom. The van der Waals surface area contributed by atoms with Gasteiger partial charge in [-0.1, -0.05) is 0 Å². The van der Waals surface area contributed by atoms with Crippen molar-refractivity contribution in [1.82, 2.24) is 19.6 Å². The molecule has 0 amide bonds. The number of nitrogens with zero attached hydrogens (tertiary/aromatic N) is 4. The summed E-state index contributed by atoms with van der Waals surface area (Å²) in [6.45, 7) is 6.96. The molecule has 0 aromatic carbocycles. The van der Waals surface area contributed by atoms with Crippen LogP contribution in [0.3, 0.4) is 0 Å². The van der Waals surface area contributed by atoms with Crippen molar-refractivity contribution in [2.45, 2.75) is 33.6 Å². The van der Waals surface area contributed by atoms with Crippen molar-refractivity contribution >= 4 is 5.78 Å². The Morgan fingerprint density at radius 3 is 2.83 bits per heavy atom. The molecule has 0 spiro atoms. The number of fused-ring (bicyclic) bond motifs is 1. The van der Waals surface area contributed by atoms with E-state index in [-0.39, 0.29) is 0 Å². The Balaban J connectivity index is 2.00. The van der Waals surface area contributed by atoms with Crippen LogP contribution < -0.4 is 0 Å². The molecule has 0 aliphatic rings. The lowest BCUT2D eigenvalue weighted by molar-refractivity contribution is -0.291. The highest BCUT2D eigenvalue weighted by Gasteiger charge is 2.07. The third-order valence-electron chi connectivity index (χ3n) is 2.49. The lowest BCUT2D eigenvalue weighted by atomic mass is 10.3. The standard InChI is InChI=1S/C12H18N4O2/c1-4-17-18-7-5-6-11-14-12-13-9(2)8-10(3)16(12)15-11/h8H,4-7H2,1-3H3. The number of rotatable bonds is 6. The molecule has 0 saturated carbocycles. The summed E-state index contributed by atoms with van der Waals surface area (Å²) < 4.78 is 1.77. The Bertz CT molecular complexity index is 524. The number of hydrogen-bond acceptors (Lipinski definition) is 5. The summed E-state index contributed by atoms with van der Waals surface area (Å²) in [6, 6.07) is 1.99. The van der Waals surface area contributed by atoms with E-state index in [9.17, 15) is 0 Å². The van der Waals surface area contributed by atoms with Gasteiger partial charge in [0.25, 0.3) is 5.78 Å². The molecule has 6 heteroatoms. The second-order valence-electron chi connectivity index (χ2n) is 4.11. The highest BCUT2D eigenvalue weighted by molar-refractivity contribution is 5.30. The van der Waals surface area contributed by atoms with Crippen molar-refractivity contribution in [2.75, 3.05) is 13.2 Å². The van der Waals surface area contributed by atoms with Gasteiger partial charge in [0.15, 0.2) is 5.82 Å². The van der Waals surface area contributed by atoms with E-state index in [0.717, 1.165) is 30.1 Å². The molecule has 0 aliphatic carbocycles. The first-order valence-electron chi connectivity index (χ1n) is 6.15. The number of aryl methyl sites for hydroxylation is 3. The molecule has 98 valence electrons. The van der Waals surface area contributed by atoms with Gasteiger partial charge in [0.05, 0.1) is 13.2 Å². The van der Waals surface area contributed by atoms with E-state index in [4.69, 9.17) is 9.78 Å². The summed E-state index contributed by atoms with van der Waals surface area (Å²) in [6.07, 6.45) is 1.59. The maximum Gasteiger partial charge on any atom is 0.252 e. The molecule has 0 N–H and O–H groups in total.